The van der Waals surface area contributed by atoms with Crippen molar-refractivity contribution >= 4 is 11.0 Å². The Kier molecular flexibility index (Phi) is 1.97. The molecule has 0 aliphatic heterocycles. The van der Waals surface area contributed by atoms with Gasteiger partial charge in [-0.1, -0.05) is 6.92 Å². The molecule has 2 aromatic heterocycles. The molecule has 0 aliphatic carbocycles. The Hall–Kier alpha value is -1.82. The molecule has 0 spiro atoms. The third-order valence-corrected chi connectivity index (χ3v) is 2.53. The highest BCUT2D eigenvalue weighted by Crippen LogP contribution is 2.20. The van der Waals surface area contributed by atoms with E-state index in [-0.39, 0.29) is 0 Å². The molecule has 2 rings (SSSR count). The summed E-state index contributed by atoms with van der Waals surface area (Å²) in [4.78, 5) is 7.24. The minimum atomic E-state index is 0.573. The standard InChI is InChI=1S/C11H11N3/c1-3-8-6-13-11-10(7(8)2)4-9(5-12)14-11/h4,6H,3H2,1-2H3,(H,13,14). The largest absolute Gasteiger partial charge is 0.331 e. The number of H-pyrrole nitrogens is 1. The Labute approximate surface area is 82.4 Å². The van der Waals surface area contributed by atoms with Crippen LogP contribution in [0.25, 0.3) is 11.0 Å². The van der Waals surface area contributed by atoms with Crippen LogP contribution in [0.5, 0.6) is 0 Å². The van der Waals surface area contributed by atoms with Gasteiger partial charge in [-0.15, -0.1) is 0 Å². The molecular formula is C11H11N3. The van der Waals surface area contributed by atoms with Gasteiger partial charge in [0.25, 0.3) is 0 Å². The lowest BCUT2D eigenvalue weighted by Crippen LogP contribution is -1.89. The van der Waals surface area contributed by atoms with Crippen LogP contribution in [0.15, 0.2) is 12.3 Å². The summed E-state index contributed by atoms with van der Waals surface area (Å²) in [5.41, 5.74) is 3.83. The second kappa shape index (κ2) is 3.15. The molecule has 0 aromatic carbocycles. The van der Waals surface area contributed by atoms with Crippen molar-refractivity contribution < 1.29 is 0 Å². The topological polar surface area (TPSA) is 52.5 Å². The van der Waals surface area contributed by atoms with Gasteiger partial charge in [0, 0.05) is 11.6 Å². The fourth-order valence-corrected chi connectivity index (χ4v) is 1.66. The second-order valence-electron chi connectivity index (χ2n) is 3.32. The first-order chi connectivity index (χ1) is 6.76. The van der Waals surface area contributed by atoms with Crippen LogP contribution in [0.2, 0.25) is 0 Å². The summed E-state index contributed by atoms with van der Waals surface area (Å²) >= 11 is 0. The molecule has 0 bridgehead atoms. The number of hydrogen-bond acceptors (Lipinski definition) is 2. The third kappa shape index (κ3) is 1.16. The third-order valence-electron chi connectivity index (χ3n) is 2.53. The summed E-state index contributed by atoms with van der Waals surface area (Å²) in [7, 11) is 0. The van der Waals surface area contributed by atoms with Gasteiger partial charge in [0.1, 0.15) is 17.4 Å². The van der Waals surface area contributed by atoms with Gasteiger partial charge in [-0.05, 0) is 30.5 Å². The first-order valence-corrected chi connectivity index (χ1v) is 4.63. The Balaban J connectivity index is 2.76. The van der Waals surface area contributed by atoms with Crippen LogP contribution in [0.4, 0.5) is 0 Å². The minimum Gasteiger partial charge on any atom is -0.331 e. The van der Waals surface area contributed by atoms with Gasteiger partial charge in [0.15, 0.2) is 0 Å². The fraction of sp³-hybridized carbons (Fsp3) is 0.273. The van der Waals surface area contributed by atoms with E-state index in [2.05, 4.69) is 29.9 Å². The number of aromatic nitrogens is 2. The van der Waals surface area contributed by atoms with Crippen LogP contribution in [-0.2, 0) is 6.42 Å². The molecule has 0 saturated heterocycles. The predicted octanol–water partition coefficient (Wildman–Crippen LogP) is 2.31. The van der Waals surface area contributed by atoms with Crippen LogP contribution in [0.3, 0.4) is 0 Å². The molecule has 1 N–H and O–H groups in total. The molecule has 3 heteroatoms. The van der Waals surface area contributed by atoms with Crippen LogP contribution < -0.4 is 0 Å². The molecule has 0 fully saturated rings. The molecule has 14 heavy (non-hydrogen) atoms. The van der Waals surface area contributed by atoms with Crippen LogP contribution in [0, 0.1) is 18.3 Å². The van der Waals surface area contributed by atoms with E-state index < -0.39 is 0 Å². The molecule has 0 atom stereocenters. The molecule has 70 valence electrons. The second-order valence-corrected chi connectivity index (χ2v) is 3.32. The molecule has 0 aliphatic rings. The molecule has 2 heterocycles. The maximum Gasteiger partial charge on any atom is 0.138 e. The van der Waals surface area contributed by atoms with Gasteiger partial charge in [0.05, 0.1) is 0 Å². The Bertz CT molecular complexity index is 517. The molecule has 3 nitrogen and oxygen atoms in total. The number of rotatable bonds is 1. The van der Waals surface area contributed by atoms with Crippen LogP contribution >= 0.6 is 0 Å². The Morgan fingerprint density at radius 1 is 1.57 bits per heavy atom. The zero-order valence-corrected chi connectivity index (χ0v) is 8.26. The van der Waals surface area contributed by atoms with Gasteiger partial charge >= 0.3 is 0 Å². The fourth-order valence-electron chi connectivity index (χ4n) is 1.66. The minimum absolute atomic E-state index is 0.573. The molecule has 2 aromatic rings. The zero-order chi connectivity index (χ0) is 10.1. The van der Waals surface area contributed by atoms with E-state index in [1.807, 2.05) is 12.3 Å². The maximum atomic E-state index is 8.75. The molecule has 0 saturated carbocycles. The van der Waals surface area contributed by atoms with Gasteiger partial charge < -0.3 is 4.98 Å². The van der Waals surface area contributed by atoms with E-state index in [1.54, 1.807) is 0 Å². The normalized spacial score (nSPS) is 10.4. The summed E-state index contributed by atoms with van der Waals surface area (Å²) in [6, 6.07) is 3.94. The highest BCUT2D eigenvalue weighted by Gasteiger charge is 2.06. The molecule has 0 unspecified atom stereocenters. The number of fused-ring (bicyclic) bond motifs is 1. The van der Waals surface area contributed by atoms with E-state index >= 15 is 0 Å². The summed E-state index contributed by atoms with van der Waals surface area (Å²) in [5, 5.41) is 9.80. The lowest BCUT2D eigenvalue weighted by atomic mass is 10.1. The number of nitriles is 1. The van der Waals surface area contributed by atoms with Gasteiger partial charge in [-0.2, -0.15) is 5.26 Å². The Morgan fingerprint density at radius 3 is 3.00 bits per heavy atom. The van der Waals surface area contributed by atoms with Crippen molar-refractivity contribution in [2.75, 3.05) is 0 Å². The smallest absolute Gasteiger partial charge is 0.138 e. The van der Waals surface area contributed by atoms with Gasteiger partial charge in [0.2, 0.25) is 0 Å². The summed E-state index contributed by atoms with van der Waals surface area (Å²) in [6.45, 7) is 4.17. The van der Waals surface area contributed by atoms with Crippen molar-refractivity contribution in [2.45, 2.75) is 20.3 Å². The average Bonchev–Trinajstić information content (AvgIpc) is 2.62. The SMILES string of the molecule is CCc1cnc2[nH]c(C#N)cc2c1C. The van der Waals surface area contributed by atoms with Crippen molar-refractivity contribution in [3.05, 3.63) is 29.1 Å². The van der Waals surface area contributed by atoms with E-state index in [4.69, 9.17) is 5.26 Å². The monoisotopic (exact) mass is 185 g/mol. The number of aromatic amines is 1. The van der Waals surface area contributed by atoms with Crippen molar-refractivity contribution in [1.82, 2.24) is 9.97 Å². The van der Waals surface area contributed by atoms with E-state index in [1.165, 1.54) is 11.1 Å². The number of nitrogens with zero attached hydrogens (tertiary/aromatic N) is 2. The first-order valence-electron chi connectivity index (χ1n) is 4.63. The number of nitrogens with one attached hydrogen (secondary N) is 1. The number of aryl methyl sites for hydroxylation is 2. The number of hydrogen-bond donors (Lipinski definition) is 1. The molecule has 0 amide bonds. The lowest BCUT2D eigenvalue weighted by Gasteiger charge is -2.01. The van der Waals surface area contributed by atoms with E-state index in [9.17, 15) is 0 Å². The average molecular weight is 185 g/mol. The quantitative estimate of drug-likeness (QED) is 0.741. The van der Waals surface area contributed by atoms with E-state index in [0.717, 1.165) is 17.5 Å². The molecule has 0 radical (unpaired) electrons. The zero-order valence-electron chi connectivity index (χ0n) is 8.26. The van der Waals surface area contributed by atoms with Crippen LogP contribution in [0.1, 0.15) is 23.7 Å². The van der Waals surface area contributed by atoms with Crippen molar-refractivity contribution in [3.8, 4) is 6.07 Å². The highest BCUT2D eigenvalue weighted by atomic mass is 14.9. The maximum absolute atomic E-state index is 8.75. The highest BCUT2D eigenvalue weighted by molar-refractivity contribution is 5.82. The van der Waals surface area contributed by atoms with E-state index in [0.29, 0.717) is 5.69 Å². The van der Waals surface area contributed by atoms with Crippen molar-refractivity contribution in [2.24, 2.45) is 0 Å². The molecular weight excluding hydrogens is 174 g/mol. The summed E-state index contributed by atoms with van der Waals surface area (Å²) < 4.78 is 0. The number of pyridine rings is 1. The van der Waals surface area contributed by atoms with Crippen LogP contribution in [-0.4, -0.2) is 9.97 Å². The predicted molar refractivity (Wildman–Crippen MR) is 54.9 cm³/mol. The Morgan fingerprint density at radius 2 is 2.36 bits per heavy atom. The van der Waals surface area contributed by atoms with Gasteiger partial charge in [-0.3, -0.25) is 0 Å². The lowest BCUT2D eigenvalue weighted by molar-refractivity contribution is 1.09. The summed E-state index contributed by atoms with van der Waals surface area (Å²) in [6.07, 6.45) is 2.84. The first kappa shape index (κ1) is 8.76. The van der Waals surface area contributed by atoms with Gasteiger partial charge in [-0.25, -0.2) is 4.98 Å². The van der Waals surface area contributed by atoms with Crippen molar-refractivity contribution in [3.63, 3.8) is 0 Å². The summed E-state index contributed by atoms with van der Waals surface area (Å²) in [5.74, 6) is 0. The van der Waals surface area contributed by atoms with Crippen molar-refractivity contribution in [1.29, 1.82) is 5.26 Å².